The summed E-state index contributed by atoms with van der Waals surface area (Å²) in [6, 6.07) is 21.9. The molecular weight excluding hydrogens is 324 g/mol. The predicted octanol–water partition coefficient (Wildman–Crippen LogP) is 5.03. The van der Waals surface area contributed by atoms with Gasteiger partial charge in [0.05, 0.1) is 20.8 Å². The standard InChI is InChI=1S/C23H22O3/c1-25-22-15-21(19-11-9-18(16-24)10-12-19)23(26-2)14-20(22)13-8-17-6-4-3-5-7-17/h3-15,24H,16H2,1-2H3/b13-8+. The van der Waals surface area contributed by atoms with Crippen LogP contribution in [0.25, 0.3) is 23.3 Å². The molecule has 0 saturated heterocycles. The van der Waals surface area contributed by atoms with Gasteiger partial charge in [-0.3, -0.25) is 0 Å². The quantitative estimate of drug-likeness (QED) is 0.636. The van der Waals surface area contributed by atoms with Crippen LogP contribution in [-0.4, -0.2) is 19.3 Å². The van der Waals surface area contributed by atoms with E-state index in [0.29, 0.717) is 0 Å². The van der Waals surface area contributed by atoms with Gasteiger partial charge in [0.15, 0.2) is 0 Å². The Hall–Kier alpha value is -3.04. The lowest BCUT2D eigenvalue weighted by molar-refractivity contribution is 0.282. The Morgan fingerprint density at radius 1 is 0.808 bits per heavy atom. The van der Waals surface area contributed by atoms with Gasteiger partial charge in [-0.25, -0.2) is 0 Å². The Bertz CT molecular complexity index is 881. The van der Waals surface area contributed by atoms with Crippen LogP contribution in [0.4, 0.5) is 0 Å². The van der Waals surface area contributed by atoms with Gasteiger partial charge in [0.25, 0.3) is 0 Å². The summed E-state index contributed by atoms with van der Waals surface area (Å²) in [5.74, 6) is 1.55. The van der Waals surface area contributed by atoms with Crippen LogP contribution in [0.5, 0.6) is 11.5 Å². The minimum Gasteiger partial charge on any atom is -0.496 e. The SMILES string of the molecule is COc1cc(-c2ccc(CO)cc2)c(OC)cc1/C=C/c1ccccc1. The van der Waals surface area contributed by atoms with Crippen molar-refractivity contribution >= 4 is 12.2 Å². The normalized spacial score (nSPS) is 10.9. The van der Waals surface area contributed by atoms with Crippen molar-refractivity contribution in [1.29, 1.82) is 0 Å². The summed E-state index contributed by atoms with van der Waals surface area (Å²) in [6.07, 6.45) is 4.07. The predicted molar refractivity (Wildman–Crippen MR) is 106 cm³/mol. The molecule has 0 aliphatic heterocycles. The molecule has 0 aromatic heterocycles. The van der Waals surface area contributed by atoms with Crippen LogP contribution in [0.15, 0.2) is 66.7 Å². The smallest absolute Gasteiger partial charge is 0.127 e. The Balaban J connectivity index is 2.01. The monoisotopic (exact) mass is 346 g/mol. The summed E-state index contributed by atoms with van der Waals surface area (Å²) >= 11 is 0. The van der Waals surface area contributed by atoms with Gasteiger partial charge < -0.3 is 14.6 Å². The van der Waals surface area contributed by atoms with Gasteiger partial charge in [-0.05, 0) is 28.8 Å². The first-order valence-electron chi connectivity index (χ1n) is 8.44. The van der Waals surface area contributed by atoms with E-state index in [1.807, 2.05) is 66.7 Å². The van der Waals surface area contributed by atoms with Crippen molar-refractivity contribution in [2.45, 2.75) is 6.61 Å². The topological polar surface area (TPSA) is 38.7 Å². The van der Waals surface area contributed by atoms with E-state index in [1.54, 1.807) is 14.2 Å². The van der Waals surface area contributed by atoms with Gasteiger partial charge in [0, 0.05) is 11.1 Å². The van der Waals surface area contributed by atoms with Gasteiger partial charge in [0.1, 0.15) is 11.5 Å². The Kier molecular flexibility index (Phi) is 5.72. The largest absolute Gasteiger partial charge is 0.496 e. The molecule has 3 aromatic carbocycles. The minimum atomic E-state index is 0.0317. The molecule has 0 atom stereocenters. The number of ether oxygens (including phenoxy) is 2. The van der Waals surface area contributed by atoms with E-state index in [2.05, 4.69) is 12.1 Å². The van der Waals surface area contributed by atoms with Gasteiger partial charge in [-0.2, -0.15) is 0 Å². The number of methoxy groups -OCH3 is 2. The molecule has 0 saturated carbocycles. The lowest BCUT2D eigenvalue weighted by Gasteiger charge is -2.14. The van der Waals surface area contributed by atoms with E-state index in [1.165, 1.54) is 0 Å². The molecule has 0 amide bonds. The van der Waals surface area contributed by atoms with Gasteiger partial charge >= 0.3 is 0 Å². The molecular formula is C23H22O3. The van der Waals surface area contributed by atoms with Crippen molar-refractivity contribution < 1.29 is 14.6 Å². The number of aliphatic hydroxyl groups excluding tert-OH is 1. The molecule has 0 heterocycles. The number of aliphatic hydroxyl groups is 1. The fourth-order valence-electron chi connectivity index (χ4n) is 2.82. The average Bonchev–Trinajstić information content (AvgIpc) is 2.72. The summed E-state index contributed by atoms with van der Waals surface area (Å²) in [4.78, 5) is 0. The maximum absolute atomic E-state index is 9.22. The lowest BCUT2D eigenvalue weighted by Crippen LogP contribution is -1.94. The summed E-state index contributed by atoms with van der Waals surface area (Å²) in [6.45, 7) is 0.0317. The number of rotatable bonds is 6. The Morgan fingerprint density at radius 3 is 2.12 bits per heavy atom. The molecule has 26 heavy (non-hydrogen) atoms. The van der Waals surface area contributed by atoms with E-state index in [-0.39, 0.29) is 6.61 Å². The number of benzene rings is 3. The zero-order valence-electron chi connectivity index (χ0n) is 15.0. The highest BCUT2D eigenvalue weighted by molar-refractivity contribution is 5.79. The average molecular weight is 346 g/mol. The van der Waals surface area contributed by atoms with Crippen molar-refractivity contribution in [1.82, 2.24) is 0 Å². The number of hydrogen-bond acceptors (Lipinski definition) is 3. The molecule has 1 N–H and O–H groups in total. The zero-order valence-corrected chi connectivity index (χ0v) is 15.0. The third kappa shape index (κ3) is 3.95. The van der Waals surface area contributed by atoms with Crippen LogP contribution in [0, 0.1) is 0 Å². The fraction of sp³-hybridized carbons (Fsp3) is 0.130. The number of hydrogen-bond donors (Lipinski definition) is 1. The Labute approximate surface area is 154 Å². The summed E-state index contributed by atoms with van der Waals surface area (Å²) < 4.78 is 11.2. The second kappa shape index (κ2) is 8.37. The van der Waals surface area contributed by atoms with E-state index in [0.717, 1.165) is 39.3 Å². The van der Waals surface area contributed by atoms with Gasteiger partial charge in [-0.15, -0.1) is 0 Å². The molecule has 0 aliphatic carbocycles. The third-order valence-electron chi connectivity index (χ3n) is 4.25. The highest BCUT2D eigenvalue weighted by Gasteiger charge is 2.11. The van der Waals surface area contributed by atoms with Crippen LogP contribution in [0.3, 0.4) is 0 Å². The highest BCUT2D eigenvalue weighted by atomic mass is 16.5. The van der Waals surface area contributed by atoms with E-state index < -0.39 is 0 Å². The third-order valence-corrected chi connectivity index (χ3v) is 4.25. The van der Waals surface area contributed by atoms with Crippen LogP contribution in [0.1, 0.15) is 16.7 Å². The lowest BCUT2D eigenvalue weighted by atomic mass is 10.00. The first-order valence-corrected chi connectivity index (χ1v) is 8.44. The molecule has 0 unspecified atom stereocenters. The van der Waals surface area contributed by atoms with E-state index >= 15 is 0 Å². The van der Waals surface area contributed by atoms with Crippen molar-refractivity contribution in [2.24, 2.45) is 0 Å². The first-order chi connectivity index (χ1) is 12.7. The molecule has 3 aromatic rings. The van der Waals surface area contributed by atoms with Crippen molar-refractivity contribution in [3.05, 3.63) is 83.4 Å². The highest BCUT2D eigenvalue weighted by Crippen LogP contribution is 2.37. The fourth-order valence-corrected chi connectivity index (χ4v) is 2.82. The second-order valence-corrected chi connectivity index (χ2v) is 5.89. The molecule has 0 bridgehead atoms. The Morgan fingerprint density at radius 2 is 1.50 bits per heavy atom. The zero-order chi connectivity index (χ0) is 18.4. The van der Waals surface area contributed by atoms with Gasteiger partial charge in [-0.1, -0.05) is 66.7 Å². The van der Waals surface area contributed by atoms with Crippen molar-refractivity contribution in [3.8, 4) is 22.6 Å². The first kappa shape index (κ1) is 17.8. The van der Waals surface area contributed by atoms with E-state index in [4.69, 9.17) is 9.47 Å². The molecule has 0 fully saturated rings. The molecule has 3 rings (SSSR count). The molecule has 3 heteroatoms. The van der Waals surface area contributed by atoms with Crippen LogP contribution in [0.2, 0.25) is 0 Å². The van der Waals surface area contributed by atoms with Crippen molar-refractivity contribution in [2.75, 3.05) is 14.2 Å². The minimum absolute atomic E-state index is 0.0317. The summed E-state index contributed by atoms with van der Waals surface area (Å²) in [5.41, 5.74) is 4.91. The molecule has 3 nitrogen and oxygen atoms in total. The molecule has 0 radical (unpaired) electrons. The summed E-state index contributed by atoms with van der Waals surface area (Å²) in [5, 5.41) is 9.22. The second-order valence-electron chi connectivity index (χ2n) is 5.89. The maximum atomic E-state index is 9.22. The van der Waals surface area contributed by atoms with Crippen LogP contribution in [-0.2, 0) is 6.61 Å². The maximum Gasteiger partial charge on any atom is 0.127 e. The molecule has 0 spiro atoms. The van der Waals surface area contributed by atoms with Crippen molar-refractivity contribution in [3.63, 3.8) is 0 Å². The molecule has 132 valence electrons. The van der Waals surface area contributed by atoms with Crippen LogP contribution < -0.4 is 9.47 Å². The van der Waals surface area contributed by atoms with Crippen LogP contribution >= 0.6 is 0 Å². The molecule has 0 aliphatic rings. The van der Waals surface area contributed by atoms with E-state index in [9.17, 15) is 5.11 Å². The van der Waals surface area contributed by atoms with Gasteiger partial charge in [0.2, 0.25) is 0 Å². The summed E-state index contributed by atoms with van der Waals surface area (Å²) in [7, 11) is 3.33.